The number of aromatic nitrogens is 2. The summed E-state index contributed by atoms with van der Waals surface area (Å²) in [5, 5.41) is 5.09. The van der Waals surface area contributed by atoms with Gasteiger partial charge in [0.25, 0.3) is 0 Å². The highest BCUT2D eigenvalue weighted by Crippen LogP contribution is 2.33. The minimum absolute atomic E-state index is 0.00109. The fraction of sp³-hybridized carbons (Fsp3) is 0.250. The molecule has 1 N–H and O–H groups in total. The lowest BCUT2D eigenvalue weighted by molar-refractivity contribution is -0.120. The summed E-state index contributed by atoms with van der Waals surface area (Å²) in [6.45, 7) is 1.49. The second-order valence-corrected chi connectivity index (χ2v) is 9.47. The number of nitrogens with one attached hydrogen (secondary N) is 1. The van der Waals surface area contributed by atoms with Crippen LogP contribution in [0.1, 0.15) is 12.8 Å². The van der Waals surface area contributed by atoms with Crippen LogP contribution in [0.3, 0.4) is 0 Å². The van der Waals surface area contributed by atoms with Crippen molar-refractivity contribution in [2.45, 2.75) is 12.8 Å². The van der Waals surface area contributed by atoms with Gasteiger partial charge >= 0.3 is 0 Å². The SMILES string of the molecule is O=C(Nc1nc2ccc(Cl)cc2s1)C1CCN(c2nc3ccc(F)cc3s2)CC1. The van der Waals surface area contributed by atoms with Crippen LogP contribution in [0.4, 0.5) is 14.7 Å². The Bertz CT molecular complexity index is 1220. The van der Waals surface area contributed by atoms with E-state index in [-0.39, 0.29) is 17.6 Å². The van der Waals surface area contributed by atoms with Crippen molar-refractivity contribution in [1.82, 2.24) is 9.97 Å². The first-order valence-electron chi connectivity index (χ1n) is 9.23. The third kappa shape index (κ3) is 3.80. The van der Waals surface area contributed by atoms with Crippen molar-refractivity contribution in [2.24, 2.45) is 5.92 Å². The smallest absolute Gasteiger partial charge is 0.229 e. The summed E-state index contributed by atoms with van der Waals surface area (Å²) in [5.41, 5.74) is 1.64. The van der Waals surface area contributed by atoms with Crippen molar-refractivity contribution in [2.75, 3.05) is 23.3 Å². The van der Waals surface area contributed by atoms with E-state index >= 15 is 0 Å². The highest BCUT2D eigenvalue weighted by Gasteiger charge is 2.27. The molecule has 3 heterocycles. The van der Waals surface area contributed by atoms with E-state index in [1.807, 2.05) is 12.1 Å². The topological polar surface area (TPSA) is 58.1 Å². The van der Waals surface area contributed by atoms with Gasteiger partial charge in [-0.1, -0.05) is 34.3 Å². The molecule has 0 spiro atoms. The molecule has 1 aliphatic rings. The molecule has 9 heteroatoms. The molecule has 2 aromatic carbocycles. The van der Waals surface area contributed by atoms with Gasteiger partial charge in [0.1, 0.15) is 5.82 Å². The number of halogens is 2. The number of benzene rings is 2. The molecule has 5 rings (SSSR count). The number of nitrogens with zero attached hydrogens (tertiary/aromatic N) is 3. The first kappa shape index (κ1) is 18.7. The molecule has 1 fully saturated rings. The van der Waals surface area contributed by atoms with E-state index in [9.17, 15) is 9.18 Å². The molecule has 1 amide bonds. The Morgan fingerprint density at radius 1 is 1.07 bits per heavy atom. The van der Waals surface area contributed by atoms with Crippen molar-refractivity contribution in [3.05, 3.63) is 47.2 Å². The van der Waals surface area contributed by atoms with E-state index in [1.165, 1.54) is 34.8 Å². The van der Waals surface area contributed by atoms with E-state index in [2.05, 4.69) is 20.2 Å². The molecule has 0 atom stereocenters. The average Bonchev–Trinajstić information content (AvgIpc) is 3.30. The summed E-state index contributed by atoms with van der Waals surface area (Å²) >= 11 is 8.93. The Labute approximate surface area is 179 Å². The lowest BCUT2D eigenvalue weighted by Crippen LogP contribution is -2.38. The molecule has 2 aromatic heterocycles. The quantitative estimate of drug-likeness (QED) is 0.448. The summed E-state index contributed by atoms with van der Waals surface area (Å²) in [6, 6.07) is 10.1. The van der Waals surface area contributed by atoms with Crippen LogP contribution in [0.15, 0.2) is 36.4 Å². The lowest BCUT2D eigenvalue weighted by Gasteiger charge is -2.30. The molecule has 0 unspecified atom stereocenters. The van der Waals surface area contributed by atoms with Gasteiger partial charge in [0.05, 0.1) is 20.4 Å². The number of hydrogen-bond donors (Lipinski definition) is 1. The maximum absolute atomic E-state index is 13.4. The second-order valence-electron chi connectivity index (χ2n) is 6.99. The number of rotatable bonds is 3. The summed E-state index contributed by atoms with van der Waals surface area (Å²) in [5.74, 6) is -0.310. The largest absolute Gasteiger partial charge is 0.348 e. The van der Waals surface area contributed by atoms with Crippen LogP contribution < -0.4 is 10.2 Å². The molecule has 5 nitrogen and oxygen atoms in total. The van der Waals surface area contributed by atoms with Crippen LogP contribution in [0.25, 0.3) is 20.4 Å². The highest BCUT2D eigenvalue weighted by molar-refractivity contribution is 7.22. The van der Waals surface area contributed by atoms with Crippen molar-refractivity contribution in [3.63, 3.8) is 0 Å². The van der Waals surface area contributed by atoms with E-state index < -0.39 is 0 Å². The van der Waals surface area contributed by atoms with Crippen LogP contribution in [0.5, 0.6) is 0 Å². The van der Waals surface area contributed by atoms with E-state index in [0.717, 1.165) is 51.5 Å². The van der Waals surface area contributed by atoms with Crippen molar-refractivity contribution in [1.29, 1.82) is 0 Å². The van der Waals surface area contributed by atoms with Gasteiger partial charge in [-0.2, -0.15) is 0 Å². The fourth-order valence-electron chi connectivity index (χ4n) is 3.51. The number of anilines is 2. The van der Waals surface area contributed by atoms with Gasteiger partial charge in [-0.15, -0.1) is 0 Å². The zero-order valence-electron chi connectivity index (χ0n) is 15.2. The third-order valence-corrected chi connectivity index (χ3v) is 7.30. The zero-order valence-corrected chi connectivity index (χ0v) is 17.6. The number of carbonyl (C=O) groups excluding carboxylic acids is 1. The standard InChI is InChI=1S/C20H16ClFN4OS2/c21-12-1-3-14-16(9-12)28-19(23-14)25-18(27)11-5-7-26(8-6-11)20-24-15-4-2-13(22)10-17(15)29-20/h1-4,9-11H,5-8H2,(H,23,25,27). The van der Waals surface area contributed by atoms with Crippen molar-refractivity contribution in [3.8, 4) is 0 Å². The maximum Gasteiger partial charge on any atom is 0.229 e. The third-order valence-electron chi connectivity index (χ3n) is 5.06. The summed E-state index contributed by atoms with van der Waals surface area (Å²) in [6.07, 6.45) is 1.49. The molecule has 29 heavy (non-hydrogen) atoms. The van der Waals surface area contributed by atoms with Crippen LogP contribution in [-0.2, 0) is 4.79 Å². The molecule has 0 bridgehead atoms. The van der Waals surface area contributed by atoms with Gasteiger partial charge in [0, 0.05) is 24.0 Å². The van der Waals surface area contributed by atoms with Gasteiger partial charge in [-0.05, 0) is 49.2 Å². The van der Waals surface area contributed by atoms with Crippen LogP contribution in [-0.4, -0.2) is 29.0 Å². The van der Waals surface area contributed by atoms with E-state index in [1.54, 1.807) is 12.1 Å². The predicted molar refractivity (Wildman–Crippen MR) is 118 cm³/mol. The van der Waals surface area contributed by atoms with Gasteiger partial charge in [0.15, 0.2) is 10.3 Å². The van der Waals surface area contributed by atoms with Crippen LogP contribution >= 0.6 is 34.3 Å². The van der Waals surface area contributed by atoms with E-state index in [4.69, 9.17) is 11.6 Å². The first-order chi connectivity index (χ1) is 14.0. The Hall–Kier alpha value is -2.29. The highest BCUT2D eigenvalue weighted by atomic mass is 35.5. The Morgan fingerprint density at radius 3 is 2.62 bits per heavy atom. The number of fused-ring (bicyclic) bond motifs is 2. The second kappa shape index (κ2) is 7.51. The Morgan fingerprint density at radius 2 is 1.79 bits per heavy atom. The summed E-state index contributed by atoms with van der Waals surface area (Å²) in [4.78, 5) is 23.9. The molecular formula is C20H16ClFN4OS2. The molecule has 1 aliphatic heterocycles. The Kier molecular flexibility index (Phi) is 4.85. The summed E-state index contributed by atoms with van der Waals surface area (Å²) in [7, 11) is 0. The number of thiazole rings is 2. The molecule has 4 aromatic rings. The fourth-order valence-corrected chi connectivity index (χ4v) is 5.70. The number of carbonyl (C=O) groups is 1. The molecular weight excluding hydrogens is 431 g/mol. The normalized spacial score (nSPS) is 15.3. The molecule has 1 saturated heterocycles. The minimum Gasteiger partial charge on any atom is -0.348 e. The monoisotopic (exact) mass is 446 g/mol. The number of amides is 1. The van der Waals surface area contributed by atoms with Crippen molar-refractivity contribution >= 4 is 70.9 Å². The van der Waals surface area contributed by atoms with Crippen LogP contribution in [0.2, 0.25) is 5.02 Å². The molecule has 0 radical (unpaired) electrons. The maximum atomic E-state index is 13.4. The van der Waals surface area contributed by atoms with E-state index in [0.29, 0.717) is 10.2 Å². The molecule has 148 valence electrons. The van der Waals surface area contributed by atoms with Gasteiger partial charge < -0.3 is 10.2 Å². The van der Waals surface area contributed by atoms with Crippen LogP contribution in [0, 0.1) is 11.7 Å². The Balaban J connectivity index is 1.23. The first-order valence-corrected chi connectivity index (χ1v) is 11.2. The molecule has 0 saturated carbocycles. The number of piperidine rings is 1. The lowest BCUT2D eigenvalue weighted by atomic mass is 9.96. The predicted octanol–water partition coefficient (Wildman–Crippen LogP) is 5.55. The molecule has 0 aliphatic carbocycles. The average molecular weight is 447 g/mol. The van der Waals surface area contributed by atoms with Gasteiger partial charge in [0.2, 0.25) is 5.91 Å². The van der Waals surface area contributed by atoms with Crippen molar-refractivity contribution < 1.29 is 9.18 Å². The van der Waals surface area contributed by atoms with Gasteiger partial charge in [-0.25, -0.2) is 14.4 Å². The zero-order chi connectivity index (χ0) is 20.0. The number of hydrogen-bond acceptors (Lipinski definition) is 6. The minimum atomic E-state index is -0.250. The van der Waals surface area contributed by atoms with Gasteiger partial charge in [-0.3, -0.25) is 4.79 Å². The summed E-state index contributed by atoms with van der Waals surface area (Å²) < 4.78 is 15.2.